The normalized spacial score (nSPS) is 12.5. The molecular formula is C19H15BrN2O4. The number of aliphatic hydroxyl groups excluding tert-OH is 1. The van der Waals surface area contributed by atoms with Crippen LogP contribution in [0.1, 0.15) is 0 Å². The molecule has 7 heteroatoms. The van der Waals surface area contributed by atoms with E-state index in [0.29, 0.717) is 16.8 Å². The number of ether oxygens (including phenoxy) is 1. The van der Waals surface area contributed by atoms with Crippen molar-refractivity contribution in [1.82, 2.24) is 9.55 Å². The van der Waals surface area contributed by atoms with Gasteiger partial charge in [-0.05, 0) is 36.4 Å². The van der Waals surface area contributed by atoms with Gasteiger partial charge in [0.25, 0.3) is 5.56 Å². The number of hydrogen-bond donors (Lipinski definition) is 1. The molecule has 1 unspecified atom stereocenters. The fourth-order valence-electron chi connectivity index (χ4n) is 2.75. The minimum absolute atomic E-state index is 0.0617. The van der Waals surface area contributed by atoms with E-state index in [1.165, 1.54) is 10.9 Å². The first-order chi connectivity index (χ1) is 12.6. The van der Waals surface area contributed by atoms with Crippen LogP contribution in [0.2, 0.25) is 0 Å². The first kappa shape index (κ1) is 16.8. The summed E-state index contributed by atoms with van der Waals surface area (Å²) in [5.41, 5.74) is 1.01. The average molecular weight is 415 g/mol. The van der Waals surface area contributed by atoms with Crippen molar-refractivity contribution >= 4 is 38.0 Å². The Morgan fingerprint density at radius 1 is 1.19 bits per heavy atom. The zero-order valence-electron chi connectivity index (χ0n) is 13.6. The molecule has 0 saturated carbocycles. The van der Waals surface area contributed by atoms with Gasteiger partial charge in [0.1, 0.15) is 29.6 Å². The largest absolute Gasteiger partial charge is 0.491 e. The minimum Gasteiger partial charge on any atom is -0.491 e. The third-order valence-corrected chi connectivity index (χ3v) is 4.54. The first-order valence-electron chi connectivity index (χ1n) is 8.05. The molecule has 6 nitrogen and oxygen atoms in total. The lowest BCUT2D eigenvalue weighted by atomic mass is 10.2. The van der Waals surface area contributed by atoms with Crippen LogP contribution in [0.25, 0.3) is 22.1 Å². The van der Waals surface area contributed by atoms with Crippen molar-refractivity contribution < 1.29 is 14.3 Å². The van der Waals surface area contributed by atoms with Gasteiger partial charge in [-0.1, -0.05) is 28.1 Å². The van der Waals surface area contributed by atoms with Crippen LogP contribution in [0.3, 0.4) is 0 Å². The summed E-state index contributed by atoms with van der Waals surface area (Å²) in [5, 5.41) is 11.0. The monoisotopic (exact) mass is 414 g/mol. The number of halogens is 1. The summed E-state index contributed by atoms with van der Waals surface area (Å²) in [6, 6.07) is 14.7. The number of nitrogens with zero attached hydrogens (tertiary/aromatic N) is 2. The van der Waals surface area contributed by atoms with Crippen molar-refractivity contribution in [3.05, 3.63) is 69.7 Å². The lowest BCUT2D eigenvalue weighted by Crippen LogP contribution is -2.30. The van der Waals surface area contributed by atoms with Crippen molar-refractivity contribution in [3.63, 3.8) is 0 Å². The molecule has 0 spiro atoms. The predicted molar refractivity (Wildman–Crippen MR) is 101 cm³/mol. The number of aromatic nitrogens is 2. The van der Waals surface area contributed by atoms with Gasteiger partial charge in [-0.3, -0.25) is 9.36 Å². The summed E-state index contributed by atoms with van der Waals surface area (Å²) in [7, 11) is 0. The Labute approximate surface area is 156 Å². The van der Waals surface area contributed by atoms with Crippen molar-refractivity contribution in [2.45, 2.75) is 12.6 Å². The highest BCUT2D eigenvalue weighted by Gasteiger charge is 2.15. The summed E-state index contributed by atoms with van der Waals surface area (Å²) < 4.78 is 13.5. The van der Waals surface area contributed by atoms with Crippen molar-refractivity contribution in [2.75, 3.05) is 6.61 Å². The number of rotatable bonds is 5. The van der Waals surface area contributed by atoms with Gasteiger partial charge in [0.05, 0.1) is 12.9 Å². The molecule has 0 radical (unpaired) electrons. The molecule has 2 aromatic carbocycles. The van der Waals surface area contributed by atoms with E-state index in [-0.39, 0.29) is 24.3 Å². The molecule has 26 heavy (non-hydrogen) atoms. The summed E-state index contributed by atoms with van der Waals surface area (Å²) in [6.45, 7) is 0.127. The Kier molecular flexibility index (Phi) is 4.48. The topological polar surface area (TPSA) is 77.5 Å². The molecule has 0 aliphatic rings. The number of aliphatic hydroxyl groups is 1. The average Bonchev–Trinajstić information content (AvgIpc) is 3.03. The Morgan fingerprint density at radius 3 is 2.77 bits per heavy atom. The maximum Gasteiger partial charge on any atom is 0.297 e. The number of hydrogen-bond acceptors (Lipinski definition) is 5. The zero-order valence-corrected chi connectivity index (χ0v) is 15.2. The Bertz CT molecular complexity index is 1120. The highest BCUT2D eigenvalue weighted by Crippen LogP contribution is 2.24. The maximum atomic E-state index is 12.6. The van der Waals surface area contributed by atoms with E-state index in [2.05, 4.69) is 20.9 Å². The van der Waals surface area contributed by atoms with E-state index in [1.807, 2.05) is 30.3 Å². The molecule has 0 aliphatic heterocycles. The van der Waals surface area contributed by atoms with Gasteiger partial charge in [-0.15, -0.1) is 0 Å². The zero-order chi connectivity index (χ0) is 18.1. The van der Waals surface area contributed by atoms with Crippen LogP contribution in [0.5, 0.6) is 5.75 Å². The van der Waals surface area contributed by atoms with E-state index in [0.717, 1.165) is 9.86 Å². The molecular weight excluding hydrogens is 400 g/mol. The van der Waals surface area contributed by atoms with Gasteiger partial charge in [-0.25, -0.2) is 4.98 Å². The van der Waals surface area contributed by atoms with Crippen molar-refractivity contribution in [1.29, 1.82) is 0 Å². The molecule has 0 saturated heterocycles. The van der Waals surface area contributed by atoms with Crippen LogP contribution < -0.4 is 10.3 Å². The predicted octanol–water partition coefficient (Wildman–Crippen LogP) is 3.35. The highest BCUT2D eigenvalue weighted by molar-refractivity contribution is 9.10. The van der Waals surface area contributed by atoms with Crippen LogP contribution >= 0.6 is 15.9 Å². The van der Waals surface area contributed by atoms with Crippen LogP contribution in [0.4, 0.5) is 0 Å². The minimum atomic E-state index is -0.861. The smallest absolute Gasteiger partial charge is 0.297 e. The maximum absolute atomic E-state index is 12.6. The molecule has 1 atom stereocenters. The van der Waals surface area contributed by atoms with Crippen LogP contribution in [0, 0.1) is 0 Å². The Hall–Kier alpha value is -2.64. The van der Waals surface area contributed by atoms with Crippen LogP contribution in [0.15, 0.2) is 68.5 Å². The van der Waals surface area contributed by atoms with Gasteiger partial charge in [0.2, 0.25) is 5.58 Å². The van der Waals surface area contributed by atoms with Crippen LogP contribution in [-0.4, -0.2) is 27.4 Å². The number of para-hydroxylation sites is 1. The molecule has 132 valence electrons. The highest BCUT2D eigenvalue weighted by atomic mass is 79.9. The number of benzene rings is 2. The third-order valence-electron chi connectivity index (χ3n) is 4.01. The van der Waals surface area contributed by atoms with Gasteiger partial charge in [-0.2, -0.15) is 0 Å². The second kappa shape index (κ2) is 6.93. The van der Waals surface area contributed by atoms with Gasteiger partial charge in [0, 0.05) is 9.86 Å². The van der Waals surface area contributed by atoms with Gasteiger partial charge >= 0.3 is 0 Å². The molecule has 4 aromatic rings. The molecule has 0 aliphatic carbocycles. The number of furan rings is 1. The van der Waals surface area contributed by atoms with E-state index in [1.54, 1.807) is 18.2 Å². The SMILES string of the molecule is O=c1c2oc3ccccc3c2ncn1CC(O)COc1ccc(Br)cc1. The summed E-state index contributed by atoms with van der Waals surface area (Å²) in [5.74, 6) is 0.644. The Morgan fingerprint density at radius 2 is 1.96 bits per heavy atom. The van der Waals surface area contributed by atoms with Gasteiger partial charge < -0.3 is 14.3 Å². The molecule has 2 aromatic heterocycles. The number of fused-ring (bicyclic) bond motifs is 3. The Balaban J connectivity index is 1.53. The van der Waals surface area contributed by atoms with E-state index < -0.39 is 6.10 Å². The van der Waals surface area contributed by atoms with E-state index in [4.69, 9.17) is 9.15 Å². The summed E-state index contributed by atoms with van der Waals surface area (Å²) in [4.78, 5) is 16.9. The lowest BCUT2D eigenvalue weighted by molar-refractivity contribution is 0.0914. The fourth-order valence-corrected chi connectivity index (χ4v) is 3.01. The van der Waals surface area contributed by atoms with Crippen molar-refractivity contribution in [2.24, 2.45) is 0 Å². The molecule has 0 fully saturated rings. The third kappa shape index (κ3) is 3.23. The summed E-state index contributed by atoms with van der Waals surface area (Å²) in [6.07, 6.45) is 0.565. The molecule has 1 N–H and O–H groups in total. The molecule has 0 amide bonds. The second-order valence-electron chi connectivity index (χ2n) is 5.90. The molecule has 2 heterocycles. The standard InChI is InChI=1S/C19H15BrN2O4/c20-12-5-7-14(8-6-12)25-10-13(23)9-22-11-21-17-15-3-1-2-4-16(15)26-18(17)19(22)24/h1-8,11,13,23H,9-10H2. The lowest BCUT2D eigenvalue weighted by Gasteiger charge is -2.13. The fraction of sp³-hybridized carbons (Fsp3) is 0.158. The van der Waals surface area contributed by atoms with E-state index >= 15 is 0 Å². The van der Waals surface area contributed by atoms with Crippen molar-refractivity contribution in [3.8, 4) is 5.75 Å². The second-order valence-corrected chi connectivity index (χ2v) is 6.81. The van der Waals surface area contributed by atoms with Crippen LogP contribution in [-0.2, 0) is 6.54 Å². The first-order valence-corrected chi connectivity index (χ1v) is 8.84. The molecule has 0 bridgehead atoms. The van der Waals surface area contributed by atoms with Gasteiger partial charge in [0.15, 0.2) is 0 Å². The van der Waals surface area contributed by atoms with E-state index in [9.17, 15) is 9.90 Å². The quantitative estimate of drug-likeness (QED) is 0.541. The summed E-state index contributed by atoms with van der Waals surface area (Å²) >= 11 is 3.35. The molecule has 4 rings (SSSR count).